The van der Waals surface area contributed by atoms with E-state index in [1.54, 1.807) is 29.2 Å². The van der Waals surface area contributed by atoms with Crippen molar-refractivity contribution < 1.29 is 14.4 Å². The van der Waals surface area contributed by atoms with Gasteiger partial charge < -0.3 is 16.0 Å². The highest BCUT2D eigenvalue weighted by atomic mass is 35.5. The highest BCUT2D eigenvalue weighted by Crippen LogP contribution is 2.23. The van der Waals surface area contributed by atoms with Gasteiger partial charge in [0, 0.05) is 24.0 Å². The highest BCUT2D eigenvalue weighted by Gasteiger charge is 2.28. The predicted molar refractivity (Wildman–Crippen MR) is 95.6 cm³/mol. The van der Waals surface area contributed by atoms with Crippen molar-refractivity contribution in [2.75, 3.05) is 13.1 Å². The molecule has 6 nitrogen and oxygen atoms in total. The Morgan fingerprint density at radius 1 is 1.28 bits per heavy atom. The Kier molecular flexibility index (Phi) is 6.58. The molecule has 1 aliphatic heterocycles. The molecule has 3 N–H and O–H groups in total. The van der Waals surface area contributed by atoms with E-state index in [0.29, 0.717) is 31.0 Å². The van der Waals surface area contributed by atoms with E-state index in [0.717, 1.165) is 5.56 Å². The summed E-state index contributed by atoms with van der Waals surface area (Å²) in [5.74, 6) is -0.943. The Hall–Kier alpha value is -2.34. The number of hydrogen-bond donors (Lipinski definition) is 2. The maximum atomic E-state index is 12.6. The Bertz CT molecular complexity index is 652. The summed E-state index contributed by atoms with van der Waals surface area (Å²) in [6.07, 6.45) is 2.45. The Labute approximate surface area is 152 Å². The minimum Gasteiger partial charge on any atom is -0.370 e. The first-order valence-electron chi connectivity index (χ1n) is 8.16. The van der Waals surface area contributed by atoms with Crippen LogP contribution in [0.1, 0.15) is 30.9 Å². The fourth-order valence-corrected chi connectivity index (χ4v) is 3.06. The topological polar surface area (TPSA) is 92.5 Å². The van der Waals surface area contributed by atoms with Crippen molar-refractivity contribution in [1.29, 1.82) is 0 Å². The third kappa shape index (κ3) is 5.32. The van der Waals surface area contributed by atoms with Crippen molar-refractivity contribution in [3.05, 3.63) is 47.5 Å². The second-order valence-corrected chi connectivity index (χ2v) is 6.52. The molecule has 3 amide bonds. The van der Waals surface area contributed by atoms with Crippen molar-refractivity contribution in [3.8, 4) is 0 Å². The van der Waals surface area contributed by atoms with Crippen LogP contribution in [0.25, 0.3) is 0 Å². The summed E-state index contributed by atoms with van der Waals surface area (Å²) in [5.41, 5.74) is 6.09. The fraction of sp³-hybridized carbons (Fsp3) is 0.389. The van der Waals surface area contributed by atoms with E-state index in [1.807, 2.05) is 0 Å². The molecule has 0 saturated carbocycles. The normalized spacial score (nSPS) is 16.1. The smallest absolute Gasteiger partial charge is 0.245 e. The molecule has 0 aliphatic carbocycles. The van der Waals surface area contributed by atoms with Crippen LogP contribution in [-0.2, 0) is 14.4 Å². The molecule has 0 bridgehead atoms. The molecule has 1 aromatic rings. The predicted octanol–water partition coefficient (Wildman–Crippen LogP) is 1.80. The van der Waals surface area contributed by atoms with Crippen molar-refractivity contribution in [1.82, 2.24) is 10.2 Å². The van der Waals surface area contributed by atoms with Crippen LogP contribution in [0.15, 0.2) is 36.9 Å². The maximum absolute atomic E-state index is 12.6. The average Bonchev–Trinajstić information content (AvgIpc) is 2.60. The summed E-state index contributed by atoms with van der Waals surface area (Å²) < 4.78 is 0. The number of amides is 3. The lowest BCUT2D eigenvalue weighted by Crippen LogP contribution is -2.43. The van der Waals surface area contributed by atoms with Crippen LogP contribution in [0.4, 0.5) is 0 Å². The van der Waals surface area contributed by atoms with Crippen LogP contribution in [0.3, 0.4) is 0 Å². The van der Waals surface area contributed by atoms with E-state index in [1.165, 1.54) is 6.08 Å². The van der Waals surface area contributed by atoms with E-state index in [4.69, 9.17) is 17.3 Å². The van der Waals surface area contributed by atoms with Gasteiger partial charge in [0.15, 0.2) is 0 Å². The summed E-state index contributed by atoms with van der Waals surface area (Å²) in [6, 6.07) is 6.45. The number of halogens is 1. The Morgan fingerprint density at radius 3 is 2.40 bits per heavy atom. The van der Waals surface area contributed by atoms with Crippen molar-refractivity contribution in [2.45, 2.75) is 25.3 Å². The standard InChI is InChI=1S/C18H22ClN3O3/c1-2-17(24)22-9-7-13(8-10-22)18(25)21-15(11-16(20)23)12-3-5-14(19)6-4-12/h2-6,13,15H,1,7-11H2,(H2,20,23)(H,21,25)/t15-/m1/s1. The summed E-state index contributed by atoms with van der Waals surface area (Å²) >= 11 is 5.88. The number of nitrogens with one attached hydrogen (secondary N) is 1. The molecule has 25 heavy (non-hydrogen) atoms. The molecule has 1 aliphatic rings. The highest BCUT2D eigenvalue weighted by molar-refractivity contribution is 6.30. The first-order valence-corrected chi connectivity index (χ1v) is 8.54. The number of primary amides is 1. The van der Waals surface area contributed by atoms with E-state index >= 15 is 0 Å². The van der Waals surface area contributed by atoms with Crippen LogP contribution in [0.5, 0.6) is 0 Å². The zero-order valence-corrected chi connectivity index (χ0v) is 14.7. The van der Waals surface area contributed by atoms with Crippen LogP contribution in [0, 0.1) is 5.92 Å². The van der Waals surface area contributed by atoms with Crippen LogP contribution in [0.2, 0.25) is 5.02 Å². The molecule has 1 atom stereocenters. The van der Waals surface area contributed by atoms with Gasteiger partial charge in [-0.05, 0) is 36.6 Å². The lowest BCUT2D eigenvalue weighted by molar-refractivity contribution is -0.132. The second kappa shape index (κ2) is 8.67. The third-order valence-corrected chi connectivity index (χ3v) is 4.60. The number of carbonyl (C=O) groups is 3. The third-order valence-electron chi connectivity index (χ3n) is 4.35. The van der Waals surface area contributed by atoms with Crippen molar-refractivity contribution in [2.24, 2.45) is 11.7 Å². The van der Waals surface area contributed by atoms with Gasteiger partial charge in [0.2, 0.25) is 17.7 Å². The number of piperidine rings is 1. The van der Waals surface area contributed by atoms with E-state index < -0.39 is 11.9 Å². The number of nitrogens with zero attached hydrogens (tertiary/aromatic N) is 1. The van der Waals surface area contributed by atoms with Gasteiger partial charge in [0.05, 0.1) is 12.5 Å². The zero-order chi connectivity index (χ0) is 18.4. The minimum atomic E-state index is -0.494. The summed E-state index contributed by atoms with van der Waals surface area (Å²) in [4.78, 5) is 37.2. The van der Waals surface area contributed by atoms with E-state index in [9.17, 15) is 14.4 Å². The molecule has 0 aromatic heterocycles. The van der Waals surface area contributed by atoms with Gasteiger partial charge in [0.1, 0.15) is 0 Å². The minimum absolute atomic E-state index is 0.0150. The molecule has 1 fully saturated rings. The second-order valence-electron chi connectivity index (χ2n) is 6.09. The number of rotatable bonds is 6. The molecule has 1 saturated heterocycles. The SMILES string of the molecule is C=CC(=O)N1CCC(C(=O)N[C@H](CC(N)=O)c2ccc(Cl)cc2)CC1. The van der Waals surface area contributed by atoms with Gasteiger partial charge in [-0.25, -0.2) is 0 Å². The van der Waals surface area contributed by atoms with Gasteiger partial charge >= 0.3 is 0 Å². The lowest BCUT2D eigenvalue weighted by atomic mass is 9.94. The number of likely N-dealkylation sites (tertiary alicyclic amines) is 1. The van der Waals surface area contributed by atoms with Crippen LogP contribution in [-0.4, -0.2) is 35.7 Å². The number of carbonyl (C=O) groups excluding carboxylic acids is 3. The monoisotopic (exact) mass is 363 g/mol. The molecule has 2 rings (SSSR count). The Balaban J connectivity index is 2.00. The maximum Gasteiger partial charge on any atom is 0.245 e. The van der Waals surface area contributed by atoms with Gasteiger partial charge in [0.25, 0.3) is 0 Å². The van der Waals surface area contributed by atoms with Crippen LogP contribution < -0.4 is 11.1 Å². The molecule has 1 aromatic carbocycles. The fourth-order valence-electron chi connectivity index (χ4n) is 2.93. The first kappa shape index (κ1) is 19.0. The zero-order valence-electron chi connectivity index (χ0n) is 13.9. The molecule has 1 heterocycles. The first-order chi connectivity index (χ1) is 11.9. The van der Waals surface area contributed by atoms with Crippen molar-refractivity contribution >= 4 is 29.3 Å². The number of hydrogen-bond acceptors (Lipinski definition) is 3. The van der Waals surface area contributed by atoms with Gasteiger partial charge in [-0.2, -0.15) is 0 Å². The molecular formula is C18H22ClN3O3. The van der Waals surface area contributed by atoms with Crippen LogP contribution >= 0.6 is 11.6 Å². The quantitative estimate of drug-likeness (QED) is 0.755. The van der Waals surface area contributed by atoms with E-state index in [-0.39, 0.29) is 24.2 Å². The molecular weight excluding hydrogens is 342 g/mol. The summed E-state index contributed by atoms with van der Waals surface area (Å²) in [6.45, 7) is 4.51. The van der Waals surface area contributed by atoms with Crippen molar-refractivity contribution in [3.63, 3.8) is 0 Å². The molecule has 0 radical (unpaired) electrons. The molecule has 7 heteroatoms. The van der Waals surface area contributed by atoms with Gasteiger partial charge in [-0.15, -0.1) is 0 Å². The molecule has 134 valence electrons. The van der Waals surface area contributed by atoms with E-state index in [2.05, 4.69) is 11.9 Å². The largest absolute Gasteiger partial charge is 0.370 e. The average molecular weight is 364 g/mol. The summed E-state index contributed by atoms with van der Waals surface area (Å²) in [5, 5.41) is 3.48. The van der Waals surface area contributed by atoms with Gasteiger partial charge in [-0.3, -0.25) is 14.4 Å². The Morgan fingerprint density at radius 2 is 1.88 bits per heavy atom. The number of nitrogens with two attached hydrogens (primary N) is 1. The molecule has 0 unspecified atom stereocenters. The molecule has 0 spiro atoms. The lowest BCUT2D eigenvalue weighted by Gasteiger charge is -2.31. The van der Waals surface area contributed by atoms with Gasteiger partial charge in [-0.1, -0.05) is 30.3 Å². The summed E-state index contributed by atoms with van der Waals surface area (Å²) in [7, 11) is 0. The number of benzene rings is 1.